The summed E-state index contributed by atoms with van der Waals surface area (Å²) in [5, 5.41) is 4.37. The van der Waals surface area contributed by atoms with Crippen LogP contribution in [0, 0.1) is 0 Å². The van der Waals surface area contributed by atoms with E-state index >= 15 is 0 Å². The van der Waals surface area contributed by atoms with Gasteiger partial charge < -0.3 is 4.57 Å². The standard InChI is InChI=1S/C73H46N8/c1-6-24-47(25-7-1)67-74-68(48-26-8-2-9-27-48)76-70(75-67)50-30-22-35-53(46-50)80-62-42-20-17-36-54(62)56-44-45-57-55-37-18-21-43-63(55)81(66(57)65(56)80)72-78-69(49-28-10-3-11-29-49)77-71(79-72)59-39-23-41-61-64(59)58-38-16-19-40-60(58)73(61,51-31-12-4-13-32-51)52-33-14-5-15-34-52/h1-46H. The summed E-state index contributed by atoms with van der Waals surface area (Å²) in [6.07, 6.45) is 0. The Kier molecular flexibility index (Phi) is 10.6. The van der Waals surface area contributed by atoms with Gasteiger partial charge in [0.05, 0.1) is 27.5 Å². The summed E-state index contributed by atoms with van der Waals surface area (Å²) < 4.78 is 4.65. The van der Waals surface area contributed by atoms with Gasteiger partial charge in [0.1, 0.15) is 0 Å². The number of nitrogens with zero attached hydrogens (tertiary/aromatic N) is 8. The molecule has 81 heavy (non-hydrogen) atoms. The number of aromatic nitrogens is 8. The third-order valence-electron chi connectivity index (χ3n) is 16.1. The number of para-hydroxylation sites is 2. The Morgan fingerprint density at radius 3 is 1.27 bits per heavy atom. The van der Waals surface area contributed by atoms with Crippen LogP contribution < -0.4 is 0 Å². The molecule has 0 fully saturated rings. The molecule has 0 amide bonds. The first-order chi connectivity index (χ1) is 40.2. The van der Waals surface area contributed by atoms with Gasteiger partial charge in [-0.3, -0.25) is 4.57 Å². The van der Waals surface area contributed by atoms with Crippen molar-refractivity contribution in [3.63, 3.8) is 0 Å². The second kappa shape index (κ2) is 18.6. The highest BCUT2D eigenvalue weighted by Crippen LogP contribution is 2.58. The van der Waals surface area contributed by atoms with Gasteiger partial charge in [0.2, 0.25) is 5.95 Å². The number of hydrogen-bond donors (Lipinski definition) is 0. The zero-order valence-electron chi connectivity index (χ0n) is 43.6. The number of benzene rings is 11. The number of fused-ring (bicyclic) bond motifs is 10. The normalized spacial score (nSPS) is 12.5. The first-order valence-corrected chi connectivity index (χ1v) is 27.3. The van der Waals surface area contributed by atoms with Crippen LogP contribution in [-0.2, 0) is 5.41 Å². The van der Waals surface area contributed by atoms with Gasteiger partial charge in [-0.15, -0.1) is 0 Å². The van der Waals surface area contributed by atoms with Gasteiger partial charge >= 0.3 is 0 Å². The number of rotatable bonds is 9. The minimum Gasteiger partial charge on any atom is -0.307 e. The lowest BCUT2D eigenvalue weighted by Crippen LogP contribution is -2.28. The molecule has 8 heteroatoms. The van der Waals surface area contributed by atoms with E-state index in [2.05, 4.69) is 209 Å². The van der Waals surface area contributed by atoms with Crippen LogP contribution >= 0.6 is 0 Å². The van der Waals surface area contributed by atoms with Gasteiger partial charge in [-0.2, -0.15) is 9.97 Å². The van der Waals surface area contributed by atoms with Crippen LogP contribution in [0.2, 0.25) is 0 Å². The van der Waals surface area contributed by atoms with Crippen molar-refractivity contribution in [3.8, 4) is 79.7 Å². The molecule has 0 spiro atoms. The van der Waals surface area contributed by atoms with Crippen molar-refractivity contribution in [2.75, 3.05) is 0 Å². The van der Waals surface area contributed by atoms with Crippen LogP contribution in [0.5, 0.6) is 0 Å². The Morgan fingerprint density at radius 2 is 0.679 bits per heavy atom. The summed E-state index contributed by atoms with van der Waals surface area (Å²) in [4.78, 5) is 32.0. The highest BCUT2D eigenvalue weighted by atomic mass is 15.2. The zero-order chi connectivity index (χ0) is 53.4. The lowest BCUT2D eigenvalue weighted by molar-refractivity contribution is 0.768. The fourth-order valence-corrected chi connectivity index (χ4v) is 12.7. The van der Waals surface area contributed by atoms with E-state index in [1.54, 1.807) is 0 Å². The van der Waals surface area contributed by atoms with E-state index in [4.69, 9.17) is 29.9 Å². The third kappa shape index (κ3) is 7.24. The number of hydrogen-bond acceptors (Lipinski definition) is 6. The maximum atomic E-state index is 5.71. The van der Waals surface area contributed by atoms with Gasteiger partial charge in [0, 0.05) is 55.0 Å². The molecule has 0 bridgehead atoms. The Hall–Kier alpha value is -11.0. The summed E-state index contributed by atoms with van der Waals surface area (Å²) in [5.41, 5.74) is 15.9. The molecule has 4 heterocycles. The molecule has 0 saturated heterocycles. The summed E-state index contributed by atoms with van der Waals surface area (Å²) in [6.45, 7) is 0. The topological polar surface area (TPSA) is 87.2 Å². The van der Waals surface area contributed by atoms with Crippen molar-refractivity contribution in [2.45, 2.75) is 5.41 Å². The molecule has 15 aromatic rings. The van der Waals surface area contributed by atoms with Gasteiger partial charge in [-0.05, 0) is 57.6 Å². The minimum absolute atomic E-state index is 0.511. The van der Waals surface area contributed by atoms with Gasteiger partial charge in [-0.1, -0.05) is 255 Å². The van der Waals surface area contributed by atoms with Crippen molar-refractivity contribution in [2.24, 2.45) is 0 Å². The predicted molar refractivity (Wildman–Crippen MR) is 326 cm³/mol. The predicted octanol–water partition coefficient (Wildman–Crippen LogP) is 16.9. The molecule has 378 valence electrons. The Bertz CT molecular complexity index is 4820. The molecule has 1 aliphatic rings. The molecule has 8 nitrogen and oxygen atoms in total. The van der Waals surface area contributed by atoms with Crippen LogP contribution in [0.3, 0.4) is 0 Å². The van der Waals surface area contributed by atoms with Gasteiger partial charge in [-0.25, -0.2) is 19.9 Å². The Balaban J connectivity index is 0.965. The maximum Gasteiger partial charge on any atom is 0.238 e. The highest BCUT2D eigenvalue weighted by molar-refractivity contribution is 6.23. The molecule has 0 N–H and O–H groups in total. The Labute approximate surface area is 466 Å². The molecular weight excluding hydrogens is 989 g/mol. The molecule has 0 saturated carbocycles. The summed E-state index contributed by atoms with van der Waals surface area (Å²) in [7, 11) is 0. The molecule has 0 aliphatic heterocycles. The van der Waals surface area contributed by atoms with Crippen molar-refractivity contribution in [1.82, 2.24) is 39.0 Å². The van der Waals surface area contributed by atoms with E-state index < -0.39 is 5.41 Å². The summed E-state index contributed by atoms with van der Waals surface area (Å²) in [5.74, 6) is 3.46. The molecule has 11 aromatic carbocycles. The van der Waals surface area contributed by atoms with E-state index in [1.807, 2.05) is 78.9 Å². The molecule has 0 unspecified atom stereocenters. The second-order valence-electron chi connectivity index (χ2n) is 20.6. The summed E-state index contributed by atoms with van der Waals surface area (Å²) >= 11 is 0. The first kappa shape index (κ1) is 46.2. The second-order valence-corrected chi connectivity index (χ2v) is 20.6. The quantitative estimate of drug-likeness (QED) is 0.143. The van der Waals surface area contributed by atoms with E-state index in [0.717, 1.165) is 88.2 Å². The molecule has 4 aromatic heterocycles. The minimum atomic E-state index is -0.608. The molecular formula is C73H46N8. The van der Waals surface area contributed by atoms with Crippen LogP contribution in [0.15, 0.2) is 279 Å². The monoisotopic (exact) mass is 1030 g/mol. The highest BCUT2D eigenvalue weighted by Gasteiger charge is 2.47. The molecule has 16 rings (SSSR count). The van der Waals surface area contributed by atoms with Crippen molar-refractivity contribution in [1.29, 1.82) is 0 Å². The average Bonchev–Trinajstić information content (AvgIpc) is 4.07. The van der Waals surface area contributed by atoms with E-state index in [0.29, 0.717) is 35.1 Å². The first-order valence-electron chi connectivity index (χ1n) is 27.3. The molecule has 0 atom stereocenters. The van der Waals surface area contributed by atoms with Crippen LogP contribution in [-0.4, -0.2) is 39.0 Å². The van der Waals surface area contributed by atoms with E-state index in [-0.39, 0.29) is 0 Å². The van der Waals surface area contributed by atoms with Gasteiger partial charge in [0.15, 0.2) is 29.1 Å². The average molecular weight is 1040 g/mol. The van der Waals surface area contributed by atoms with Crippen molar-refractivity contribution in [3.05, 3.63) is 301 Å². The van der Waals surface area contributed by atoms with E-state index in [9.17, 15) is 0 Å². The van der Waals surface area contributed by atoms with Crippen LogP contribution in [0.25, 0.3) is 123 Å². The Morgan fingerprint density at radius 1 is 0.272 bits per heavy atom. The van der Waals surface area contributed by atoms with E-state index in [1.165, 1.54) is 22.3 Å². The van der Waals surface area contributed by atoms with Crippen molar-refractivity contribution < 1.29 is 0 Å². The summed E-state index contributed by atoms with van der Waals surface area (Å²) in [6, 6.07) is 98.2. The largest absolute Gasteiger partial charge is 0.307 e. The third-order valence-corrected chi connectivity index (χ3v) is 16.1. The SMILES string of the molecule is c1ccc(-c2nc(-c3ccccc3)nc(-c3cccc(-n4c5ccccc5c5ccc6c7ccccc7n(-c7nc(-c8ccccc8)nc(-c8cccc9c8-c8ccccc8C9(c8ccccc8)c8ccccc8)n7)c6c54)c3)n2)cc1. The zero-order valence-corrected chi connectivity index (χ0v) is 43.6. The fourth-order valence-electron chi connectivity index (χ4n) is 12.7. The van der Waals surface area contributed by atoms with Crippen molar-refractivity contribution >= 4 is 43.6 Å². The van der Waals surface area contributed by atoms with Crippen LogP contribution in [0.4, 0.5) is 0 Å². The molecule has 1 aliphatic carbocycles. The lowest BCUT2D eigenvalue weighted by atomic mass is 9.67. The lowest BCUT2D eigenvalue weighted by Gasteiger charge is -2.33. The van der Waals surface area contributed by atoms with Crippen LogP contribution in [0.1, 0.15) is 22.3 Å². The maximum absolute atomic E-state index is 5.71. The van der Waals surface area contributed by atoms with Gasteiger partial charge in [0.25, 0.3) is 0 Å². The molecule has 0 radical (unpaired) electrons. The fraction of sp³-hybridized carbons (Fsp3) is 0.0137. The smallest absolute Gasteiger partial charge is 0.238 e.